The average Bonchev–Trinajstić information content (AvgIpc) is 2.11. The Morgan fingerprint density at radius 2 is 2.00 bits per heavy atom. The summed E-state index contributed by atoms with van der Waals surface area (Å²) in [5.74, 6) is 0. The van der Waals surface area contributed by atoms with Gasteiger partial charge in [0.2, 0.25) is 0 Å². The van der Waals surface area contributed by atoms with Gasteiger partial charge in [0.1, 0.15) is 0 Å². The Labute approximate surface area is 84.8 Å². The number of ether oxygens (including phenoxy) is 1. The van der Waals surface area contributed by atoms with Crippen LogP contribution in [0.2, 0.25) is 10.0 Å². The maximum atomic E-state index is 10.8. The molecule has 0 radical (unpaired) electrons. The highest BCUT2D eigenvalue weighted by molar-refractivity contribution is 6.39. The summed E-state index contributed by atoms with van der Waals surface area (Å²) in [5, 5.41) is 2.89. The normalized spacial score (nSPS) is 9.46. The number of carbonyl (C=O) groups excluding carboxylic acids is 1. The molecule has 6 heteroatoms. The van der Waals surface area contributed by atoms with E-state index in [4.69, 9.17) is 23.2 Å². The highest BCUT2D eigenvalue weighted by atomic mass is 35.5. The maximum Gasteiger partial charge on any atom is 0.411 e. The van der Waals surface area contributed by atoms with Crippen LogP contribution in [0.5, 0.6) is 0 Å². The number of hydrogen-bond donors (Lipinski definition) is 1. The Bertz CT molecular complexity index is 310. The van der Waals surface area contributed by atoms with E-state index >= 15 is 0 Å². The van der Waals surface area contributed by atoms with Crippen molar-refractivity contribution < 1.29 is 9.53 Å². The minimum absolute atomic E-state index is 0.262. The summed E-state index contributed by atoms with van der Waals surface area (Å²) in [5.41, 5.74) is 0.296. The molecule has 0 atom stereocenters. The fraction of sp³-hybridized carbons (Fsp3) is 0.143. The van der Waals surface area contributed by atoms with Crippen LogP contribution in [0, 0.1) is 0 Å². The van der Waals surface area contributed by atoms with E-state index < -0.39 is 6.09 Å². The van der Waals surface area contributed by atoms with Gasteiger partial charge >= 0.3 is 6.09 Å². The molecule has 4 nitrogen and oxygen atoms in total. The van der Waals surface area contributed by atoms with E-state index in [1.165, 1.54) is 19.5 Å². The zero-order chi connectivity index (χ0) is 9.84. The van der Waals surface area contributed by atoms with E-state index in [2.05, 4.69) is 15.0 Å². The Morgan fingerprint density at radius 3 is 2.46 bits per heavy atom. The number of pyridine rings is 1. The third-order valence-electron chi connectivity index (χ3n) is 1.27. The fourth-order valence-electron chi connectivity index (χ4n) is 0.684. The second kappa shape index (κ2) is 4.30. The summed E-state index contributed by atoms with van der Waals surface area (Å²) in [4.78, 5) is 14.5. The van der Waals surface area contributed by atoms with Crippen LogP contribution in [0.3, 0.4) is 0 Å². The molecule has 1 N–H and O–H groups in total. The number of carbonyl (C=O) groups is 1. The number of anilines is 1. The van der Waals surface area contributed by atoms with Gasteiger partial charge in [0.15, 0.2) is 0 Å². The molecule has 0 aliphatic carbocycles. The van der Waals surface area contributed by atoms with Crippen molar-refractivity contribution in [1.82, 2.24) is 4.98 Å². The van der Waals surface area contributed by atoms with Crippen LogP contribution in [0.25, 0.3) is 0 Å². The Hall–Kier alpha value is -1.00. The Kier molecular flexibility index (Phi) is 3.33. The van der Waals surface area contributed by atoms with Crippen LogP contribution in [0.1, 0.15) is 0 Å². The Morgan fingerprint density at radius 1 is 1.46 bits per heavy atom. The molecule has 0 saturated carbocycles. The lowest BCUT2D eigenvalue weighted by atomic mass is 10.4. The van der Waals surface area contributed by atoms with Crippen LogP contribution in [0.4, 0.5) is 10.5 Å². The summed E-state index contributed by atoms with van der Waals surface area (Å²) >= 11 is 11.4. The molecule has 0 spiro atoms. The first-order chi connectivity index (χ1) is 6.15. The second-order valence-electron chi connectivity index (χ2n) is 2.09. The van der Waals surface area contributed by atoms with E-state index in [9.17, 15) is 4.79 Å². The van der Waals surface area contributed by atoms with Gasteiger partial charge in [0, 0.05) is 12.4 Å². The van der Waals surface area contributed by atoms with Gasteiger partial charge in [-0.25, -0.2) is 4.79 Å². The zero-order valence-electron chi connectivity index (χ0n) is 6.67. The molecule has 13 heavy (non-hydrogen) atoms. The smallest absolute Gasteiger partial charge is 0.411 e. The first kappa shape index (κ1) is 10.1. The number of halogens is 2. The number of nitrogens with one attached hydrogen (secondary N) is 1. The van der Waals surface area contributed by atoms with Gasteiger partial charge in [0.25, 0.3) is 0 Å². The average molecular weight is 221 g/mol. The van der Waals surface area contributed by atoms with Crippen molar-refractivity contribution in [3.8, 4) is 0 Å². The number of hydrogen-bond acceptors (Lipinski definition) is 3. The van der Waals surface area contributed by atoms with Gasteiger partial charge in [-0.3, -0.25) is 10.3 Å². The largest absolute Gasteiger partial charge is 0.453 e. The Balaban J connectivity index is 2.93. The van der Waals surface area contributed by atoms with Crippen molar-refractivity contribution in [1.29, 1.82) is 0 Å². The number of rotatable bonds is 1. The molecule has 0 aliphatic rings. The maximum absolute atomic E-state index is 10.8. The topological polar surface area (TPSA) is 51.2 Å². The lowest BCUT2D eigenvalue weighted by molar-refractivity contribution is 0.187. The van der Waals surface area contributed by atoms with Gasteiger partial charge in [-0.05, 0) is 0 Å². The molecule has 0 aromatic carbocycles. The molecule has 1 aromatic heterocycles. The molecule has 0 unspecified atom stereocenters. The van der Waals surface area contributed by atoms with Gasteiger partial charge < -0.3 is 4.74 Å². The predicted molar refractivity (Wildman–Crippen MR) is 50.3 cm³/mol. The van der Waals surface area contributed by atoms with Crippen LogP contribution in [0.15, 0.2) is 12.4 Å². The molecule has 70 valence electrons. The summed E-state index contributed by atoms with van der Waals surface area (Å²) in [6.45, 7) is 0. The van der Waals surface area contributed by atoms with Crippen LogP contribution < -0.4 is 5.32 Å². The molecule has 0 aliphatic heterocycles. The van der Waals surface area contributed by atoms with Crippen molar-refractivity contribution in [2.45, 2.75) is 0 Å². The van der Waals surface area contributed by atoms with Crippen molar-refractivity contribution in [2.24, 2.45) is 0 Å². The number of nitrogens with zero attached hydrogens (tertiary/aromatic N) is 1. The van der Waals surface area contributed by atoms with Crippen molar-refractivity contribution in [3.63, 3.8) is 0 Å². The van der Waals surface area contributed by atoms with Gasteiger partial charge in [-0.2, -0.15) is 0 Å². The van der Waals surface area contributed by atoms with E-state index in [0.717, 1.165) is 0 Å². The monoisotopic (exact) mass is 220 g/mol. The molecular formula is C7H6Cl2N2O2. The third-order valence-corrected chi connectivity index (χ3v) is 1.84. The first-order valence-electron chi connectivity index (χ1n) is 3.29. The lowest BCUT2D eigenvalue weighted by Gasteiger charge is -2.06. The van der Waals surface area contributed by atoms with Crippen molar-refractivity contribution in [2.75, 3.05) is 12.4 Å². The quantitative estimate of drug-likeness (QED) is 0.792. The molecule has 0 saturated heterocycles. The first-order valence-corrected chi connectivity index (χ1v) is 4.04. The van der Waals surface area contributed by atoms with Gasteiger partial charge in [0.05, 0.1) is 22.8 Å². The number of methoxy groups -OCH3 is 1. The van der Waals surface area contributed by atoms with Crippen LogP contribution >= 0.6 is 23.2 Å². The summed E-state index contributed by atoms with van der Waals surface area (Å²) in [6.07, 6.45) is 2.12. The summed E-state index contributed by atoms with van der Waals surface area (Å²) in [7, 11) is 1.25. The zero-order valence-corrected chi connectivity index (χ0v) is 8.19. The summed E-state index contributed by atoms with van der Waals surface area (Å²) in [6, 6.07) is 0. The highest BCUT2D eigenvalue weighted by Gasteiger charge is 2.09. The highest BCUT2D eigenvalue weighted by Crippen LogP contribution is 2.28. The summed E-state index contributed by atoms with van der Waals surface area (Å²) < 4.78 is 4.38. The van der Waals surface area contributed by atoms with Crippen LogP contribution in [-0.2, 0) is 4.74 Å². The lowest BCUT2D eigenvalue weighted by Crippen LogP contribution is -2.11. The van der Waals surface area contributed by atoms with E-state index in [1.54, 1.807) is 0 Å². The molecule has 1 rings (SSSR count). The molecule has 0 fully saturated rings. The van der Waals surface area contributed by atoms with Crippen molar-refractivity contribution in [3.05, 3.63) is 22.4 Å². The molecule has 1 heterocycles. The van der Waals surface area contributed by atoms with Gasteiger partial charge in [-0.15, -0.1) is 0 Å². The molecule has 1 amide bonds. The van der Waals surface area contributed by atoms with Gasteiger partial charge in [-0.1, -0.05) is 23.2 Å². The van der Waals surface area contributed by atoms with Crippen molar-refractivity contribution >= 4 is 35.0 Å². The standard InChI is InChI=1S/C7H6Cl2N2O2/c1-13-7(12)11-6-4(8)2-10-3-5(6)9/h2-3H,1H3,(H,10,11,12). The number of amides is 1. The predicted octanol–water partition coefficient (Wildman–Crippen LogP) is 2.57. The third kappa shape index (κ3) is 2.47. The SMILES string of the molecule is COC(=O)Nc1c(Cl)cncc1Cl. The minimum atomic E-state index is -0.630. The molecule has 0 bridgehead atoms. The minimum Gasteiger partial charge on any atom is -0.453 e. The van der Waals surface area contributed by atoms with Crippen LogP contribution in [-0.4, -0.2) is 18.2 Å². The number of aromatic nitrogens is 1. The second-order valence-corrected chi connectivity index (χ2v) is 2.91. The fourth-order valence-corrected chi connectivity index (χ4v) is 1.14. The van der Waals surface area contributed by atoms with E-state index in [0.29, 0.717) is 5.69 Å². The van der Waals surface area contributed by atoms with E-state index in [-0.39, 0.29) is 10.0 Å². The molecular weight excluding hydrogens is 215 g/mol. The van der Waals surface area contributed by atoms with E-state index in [1.807, 2.05) is 0 Å². The molecule has 1 aromatic rings.